The summed E-state index contributed by atoms with van der Waals surface area (Å²) in [6, 6.07) is 9.94. The van der Waals surface area contributed by atoms with Crippen molar-refractivity contribution in [3.05, 3.63) is 102 Å². The van der Waals surface area contributed by atoms with Crippen LogP contribution in [-0.4, -0.2) is 18.0 Å². The van der Waals surface area contributed by atoms with Crippen LogP contribution in [0.15, 0.2) is 73.8 Å². The van der Waals surface area contributed by atoms with Gasteiger partial charge in [-0.1, -0.05) is 12.2 Å². The highest BCUT2D eigenvalue weighted by molar-refractivity contribution is 6.09. The highest BCUT2D eigenvalue weighted by atomic mass is 19.4. The maximum Gasteiger partial charge on any atom is 0.416 e. The molecule has 1 aromatic heterocycles. The van der Waals surface area contributed by atoms with Crippen molar-refractivity contribution in [2.24, 2.45) is 0 Å². The molecule has 3 rings (SSSR count). The number of nitrogens with zero attached hydrogens (tertiary/aromatic N) is 1. The Morgan fingerprint density at radius 1 is 1.03 bits per heavy atom. The molecule has 1 heterocycles. The van der Waals surface area contributed by atoms with Crippen LogP contribution in [0.3, 0.4) is 0 Å². The van der Waals surface area contributed by atoms with Crippen molar-refractivity contribution in [1.29, 1.82) is 0 Å². The van der Waals surface area contributed by atoms with Crippen LogP contribution in [0.2, 0.25) is 0 Å². The quantitative estimate of drug-likeness (QED) is 0.231. The van der Waals surface area contributed by atoms with Crippen molar-refractivity contribution in [3.8, 4) is 5.88 Å². The van der Waals surface area contributed by atoms with Crippen molar-refractivity contribution >= 4 is 23.0 Å². The second kappa shape index (κ2) is 11.5. The van der Waals surface area contributed by atoms with Crippen molar-refractivity contribution in [2.45, 2.75) is 25.4 Å². The third-order valence-corrected chi connectivity index (χ3v) is 5.29. The Morgan fingerprint density at radius 3 is 2.42 bits per heavy atom. The van der Waals surface area contributed by atoms with E-state index in [0.717, 1.165) is 12.1 Å². The van der Waals surface area contributed by atoms with Gasteiger partial charge in [-0.2, -0.15) is 13.2 Å². The Labute approximate surface area is 206 Å². The summed E-state index contributed by atoms with van der Waals surface area (Å²) in [5.41, 5.74) is 0.687. The third-order valence-electron chi connectivity index (χ3n) is 5.29. The number of benzene rings is 2. The Kier molecular flexibility index (Phi) is 8.47. The van der Waals surface area contributed by atoms with E-state index in [4.69, 9.17) is 4.74 Å². The van der Waals surface area contributed by atoms with E-state index >= 15 is 0 Å². The summed E-state index contributed by atoms with van der Waals surface area (Å²) in [6.45, 7) is 7.32. The van der Waals surface area contributed by atoms with Gasteiger partial charge in [0, 0.05) is 18.2 Å². The number of alkyl halides is 3. The molecule has 0 atom stereocenters. The summed E-state index contributed by atoms with van der Waals surface area (Å²) < 4.78 is 59.4. The van der Waals surface area contributed by atoms with Crippen LogP contribution < -0.4 is 15.4 Å². The number of aromatic nitrogens is 1. The molecule has 5 nitrogen and oxygen atoms in total. The third kappa shape index (κ3) is 6.50. The average molecular weight is 500 g/mol. The minimum Gasteiger partial charge on any atom is -0.481 e. The number of ether oxygens (including phenoxy) is 1. The van der Waals surface area contributed by atoms with E-state index in [-0.39, 0.29) is 11.3 Å². The Hall–Kier alpha value is -4.14. The number of carbonyl (C=O) groups excluding carboxylic acids is 1. The molecule has 0 saturated carbocycles. The van der Waals surface area contributed by atoms with Crippen LogP contribution in [-0.2, 0) is 19.0 Å². The van der Waals surface area contributed by atoms with Crippen molar-refractivity contribution < 1.29 is 27.1 Å². The lowest BCUT2D eigenvalue weighted by Gasteiger charge is -2.18. The fourth-order valence-electron chi connectivity index (χ4n) is 3.50. The van der Waals surface area contributed by atoms with Crippen LogP contribution in [0.5, 0.6) is 5.88 Å². The molecule has 1 amide bonds. The molecule has 0 spiro atoms. The number of aryl methyl sites for hydroxylation is 1. The molecule has 36 heavy (non-hydrogen) atoms. The lowest BCUT2D eigenvalue weighted by Crippen LogP contribution is -2.17. The number of anilines is 3. The topological polar surface area (TPSA) is 63.2 Å². The number of hydrogen-bond acceptors (Lipinski definition) is 4. The molecule has 0 aliphatic rings. The average Bonchev–Trinajstić information content (AvgIpc) is 2.84. The normalized spacial score (nSPS) is 11.0. The second-order valence-corrected chi connectivity index (χ2v) is 7.81. The van der Waals surface area contributed by atoms with Crippen LogP contribution in [0.4, 0.5) is 34.6 Å². The molecular weight excluding hydrogens is 474 g/mol. The molecule has 0 aliphatic heterocycles. The van der Waals surface area contributed by atoms with Gasteiger partial charge in [-0.05, 0) is 60.9 Å². The van der Waals surface area contributed by atoms with Crippen molar-refractivity contribution in [3.63, 3.8) is 0 Å². The van der Waals surface area contributed by atoms with Crippen LogP contribution in [0.25, 0.3) is 0 Å². The highest BCUT2D eigenvalue weighted by Gasteiger charge is 2.32. The van der Waals surface area contributed by atoms with Crippen LogP contribution in [0.1, 0.15) is 33.6 Å². The van der Waals surface area contributed by atoms with Gasteiger partial charge in [0.1, 0.15) is 5.82 Å². The minimum absolute atomic E-state index is 0.124. The lowest BCUT2D eigenvalue weighted by atomic mass is 10.0. The number of nitrogens with one attached hydrogen (secondary N) is 2. The summed E-state index contributed by atoms with van der Waals surface area (Å²) in [5.74, 6) is -0.919. The predicted molar refractivity (Wildman–Crippen MR) is 132 cm³/mol. The summed E-state index contributed by atoms with van der Waals surface area (Å²) in [6.07, 6.45) is -0.0936. The van der Waals surface area contributed by atoms with Gasteiger partial charge in [-0.25, -0.2) is 9.37 Å². The number of allylic oxidation sites excluding steroid dienone is 2. The Bertz CT molecular complexity index is 1270. The SMILES string of the molecule is C=CCCc1cc(F)ccc1Nc1ccc(C(F)(F)F)cc1C(=O)Nc1ccc(OC)nc1CC=C. The molecule has 2 N–H and O–H groups in total. The fourth-order valence-corrected chi connectivity index (χ4v) is 3.50. The standard InChI is InChI=1S/C27H25F4N3O2/c1-4-6-8-17-15-19(28)10-12-21(17)32-22-11-9-18(27(29,30)31)16-20(22)26(35)34-24-13-14-25(36-3)33-23(24)7-5-2/h4-5,9-16,32H,1-2,6-8H2,3H3,(H,34,35). The number of pyridine rings is 1. The van der Waals surface area contributed by atoms with Gasteiger partial charge in [0.05, 0.1) is 35.3 Å². The van der Waals surface area contributed by atoms with Crippen molar-refractivity contribution in [2.75, 3.05) is 17.7 Å². The van der Waals surface area contributed by atoms with Gasteiger partial charge in [0.25, 0.3) is 5.91 Å². The zero-order chi connectivity index (χ0) is 26.3. The molecular formula is C27H25F4N3O2. The molecule has 188 valence electrons. The number of hydrogen-bond donors (Lipinski definition) is 2. The van der Waals surface area contributed by atoms with E-state index in [1.165, 1.54) is 37.4 Å². The molecule has 0 aliphatic carbocycles. The summed E-state index contributed by atoms with van der Waals surface area (Å²) in [4.78, 5) is 17.5. The largest absolute Gasteiger partial charge is 0.481 e. The summed E-state index contributed by atoms with van der Waals surface area (Å²) in [7, 11) is 1.44. The zero-order valence-electron chi connectivity index (χ0n) is 19.6. The molecule has 0 saturated heterocycles. The Morgan fingerprint density at radius 2 is 1.75 bits per heavy atom. The molecule has 2 aromatic carbocycles. The molecule has 0 unspecified atom stereocenters. The first kappa shape index (κ1) is 26.5. The van der Waals surface area contributed by atoms with Gasteiger partial charge in [0.15, 0.2) is 0 Å². The van der Waals surface area contributed by atoms with Crippen LogP contribution in [0, 0.1) is 5.82 Å². The van der Waals surface area contributed by atoms with Crippen LogP contribution >= 0.6 is 0 Å². The molecule has 0 radical (unpaired) electrons. The van der Waals surface area contributed by atoms with E-state index in [1.807, 2.05) is 0 Å². The van der Waals surface area contributed by atoms with Gasteiger partial charge in [0.2, 0.25) is 5.88 Å². The van der Waals surface area contributed by atoms with E-state index < -0.39 is 23.5 Å². The second-order valence-electron chi connectivity index (χ2n) is 7.81. The maximum atomic E-state index is 13.8. The summed E-state index contributed by atoms with van der Waals surface area (Å²) in [5, 5.41) is 5.64. The molecule has 0 fully saturated rings. The minimum atomic E-state index is -4.66. The number of halogens is 4. The highest BCUT2D eigenvalue weighted by Crippen LogP contribution is 2.34. The molecule has 9 heteroatoms. The number of methoxy groups -OCH3 is 1. The number of carbonyl (C=O) groups is 1. The molecule has 3 aromatic rings. The first-order valence-electron chi connectivity index (χ1n) is 11.0. The first-order chi connectivity index (χ1) is 17.2. The van der Waals surface area contributed by atoms with E-state index in [9.17, 15) is 22.4 Å². The van der Waals surface area contributed by atoms with Gasteiger partial charge in [-0.3, -0.25) is 4.79 Å². The van der Waals surface area contributed by atoms with E-state index in [0.29, 0.717) is 47.8 Å². The van der Waals surface area contributed by atoms with E-state index in [2.05, 4.69) is 28.8 Å². The zero-order valence-corrected chi connectivity index (χ0v) is 19.6. The maximum absolute atomic E-state index is 13.8. The number of rotatable bonds is 10. The summed E-state index contributed by atoms with van der Waals surface area (Å²) >= 11 is 0. The van der Waals surface area contributed by atoms with Crippen molar-refractivity contribution in [1.82, 2.24) is 4.98 Å². The van der Waals surface area contributed by atoms with Gasteiger partial charge in [-0.15, -0.1) is 13.2 Å². The monoisotopic (exact) mass is 499 g/mol. The lowest BCUT2D eigenvalue weighted by molar-refractivity contribution is -0.137. The fraction of sp³-hybridized carbons (Fsp3) is 0.185. The van der Waals surface area contributed by atoms with Gasteiger partial charge >= 0.3 is 6.18 Å². The Balaban J connectivity index is 2.03. The smallest absolute Gasteiger partial charge is 0.416 e. The number of amides is 1. The first-order valence-corrected chi connectivity index (χ1v) is 11.0. The molecule has 0 bridgehead atoms. The van der Waals surface area contributed by atoms with Gasteiger partial charge < -0.3 is 15.4 Å². The predicted octanol–water partition coefficient (Wildman–Crippen LogP) is 7.09. The van der Waals surface area contributed by atoms with E-state index in [1.54, 1.807) is 18.2 Å².